The highest BCUT2D eigenvalue weighted by atomic mass is 32.2. The van der Waals surface area contributed by atoms with Gasteiger partial charge in [-0.3, -0.25) is 4.18 Å². The van der Waals surface area contributed by atoms with Crippen LogP contribution in [0.2, 0.25) is 0 Å². The van der Waals surface area contributed by atoms with Crippen LogP contribution in [-0.2, 0) is 19.9 Å². The van der Waals surface area contributed by atoms with Crippen LogP contribution in [-0.4, -0.2) is 20.1 Å². The van der Waals surface area contributed by atoms with E-state index in [4.69, 9.17) is 4.18 Å². The highest BCUT2D eigenvalue weighted by Gasteiger charge is 2.36. The quantitative estimate of drug-likeness (QED) is 0.633. The summed E-state index contributed by atoms with van der Waals surface area (Å²) >= 11 is 0. The lowest BCUT2D eigenvalue weighted by Crippen LogP contribution is -2.35. The van der Waals surface area contributed by atoms with Gasteiger partial charge < -0.3 is 5.11 Å². The molecule has 3 aromatic rings. The Kier molecular flexibility index (Phi) is 5.60. The summed E-state index contributed by atoms with van der Waals surface area (Å²) in [5.41, 5.74) is -1.36. The minimum atomic E-state index is -4.20. The van der Waals surface area contributed by atoms with Gasteiger partial charge in [0.15, 0.2) is 0 Å². The summed E-state index contributed by atoms with van der Waals surface area (Å²) < 4.78 is 57.8. The number of halogens is 2. The number of rotatable bonds is 6. The van der Waals surface area contributed by atoms with Crippen molar-refractivity contribution in [1.29, 1.82) is 0 Å². The maximum atomic E-state index is 14.4. The smallest absolute Gasteiger partial charge is 0.297 e. The second-order valence-corrected chi connectivity index (χ2v) is 7.99. The lowest BCUT2D eigenvalue weighted by molar-refractivity contribution is 0.0269. The Bertz CT molecular complexity index is 1060. The summed E-state index contributed by atoms with van der Waals surface area (Å²) in [5.74, 6) is -1.29. The maximum Gasteiger partial charge on any atom is 0.297 e. The molecule has 0 aliphatic carbocycles. The van der Waals surface area contributed by atoms with Crippen LogP contribution in [0, 0.1) is 18.6 Å². The number of aliphatic hydroxyl groups is 1. The first-order chi connectivity index (χ1) is 13.2. The molecule has 0 heterocycles. The van der Waals surface area contributed by atoms with Gasteiger partial charge >= 0.3 is 0 Å². The summed E-state index contributed by atoms with van der Waals surface area (Å²) in [6.45, 7) is 1.03. The highest BCUT2D eigenvalue weighted by Crippen LogP contribution is 2.33. The molecule has 1 atom stereocenters. The number of hydrogen-bond acceptors (Lipinski definition) is 4. The van der Waals surface area contributed by atoms with Crippen molar-refractivity contribution < 1.29 is 26.5 Å². The molecule has 146 valence electrons. The van der Waals surface area contributed by atoms with Crippen molar-refractivity contribution in [3.8, 4) is 0 Å². The van der Waals surface area contributed by atoms with Crippen molar-refractivity contribution >= 4 is 10.1 Å². The molecule has 3 aromatic carbocycles. The third-order valence-corrected chi connectivity index (χ3v) is 5.65. The van der Waals surface area contributed by atoms with Gasteiger partial charge in [-0.25, -0.2) is 8.78 Å². The molecule has 28 heavy (non-hydrogen) atoms. The monoisotopic (exact) mass is 404 g/mol. The third-order valence-electron chi connectivity index (χ3n) is 4.37. The topological polar surface area (TPSA) is 63.6 Å². The van der Waals surface area contributed by atoms with Gasteiger partial charge in [-0.1, -0.05) is 48.0 Å². The molecule has 0 bridgehead atoms. The van der Waals surface area contributed by atoms with Gasteiger partial charge in [0.05, 0.1) is 4.90 Å². The van der Waals surface area contributed by atoms with Crippen molar-refractivity contribution in [2.75, 3.05) is 6.61 Å². The zero-order valence-electron chi connectivity index (χ0n) is 15.0. The average molecular weight is 404 g/mol. The highest BCUT2D eigenvalue weighted by molar-refractivity contribution is 7.86. The van der Waals surface area contributed by atoms with Gasteiger partial charge in [-0.05, 0) is 42.8 Å². The van der Waals surface area contributed by atoms with E-state index in [1.54, 1.807) is 12.1 Å². The lowest BCUT2D eigenvalue weighted by Gasteiger charge is -2.29. The Morgan fingerprint density at radius 1 is 0.929 bits per heavy atom. The fourth-order valence-corrected chi connectivity index (χ4v) is 3.71. The Labute approximate surface area is 162 Å². The Hall–Kier alpha value is -2.61. The molecule has 0 saturated carbocycles. The fourth-order valence-electron chi connectivity index (χ4n) is 2.77. The second kappa shape index (κ2) is 7.79. The molecule has 7 heteroatoms. The summed E-state index contributed by atoms with van der Waals surface area (Å²) in [6.07, 6.45) is 0. The second-order valence-electron chi connectivity index (χ2n) is 6.38. The fraction of sp³-hybridized carbons (Fsp3) is 0.143. The zero-order chi connectivity index (χ0) is 20.4. The predicted molar refractivity (Wildman–Crippen MR) is 100 cm³/mol. The van der Waals surface area contributed by atoms with Crippen molar-refractivity contribution in [2.45, 2.75) is 17.4 Å². The van der Waals surface area contributed by atoms with Crippen LogP contribution in [0.15, 0.2) is 77.7 Å². The molecule has 1 N–H and O–H groups in total. The van der Waals surface area contributed by atoms with E-state index in [2.05, 4.69) is 0 Å². The molecule has 0 spiro atoms. The number of hydrogen-bond donors (Lipinski definition) is 1. The van der Waals surface area contributed by atoms with E-state index in [1.165, 1.54) is 42.5 Å². The Morgan fingerprint density at radius 2 is 1.54 bits per heavy atom. The van der Waals surface area contributed by atoms with Gasteiger partial charge in [-0.2, -0.15) is 8.42 Å². The molecule has 3 rings (SSSR count). The van der Waals surface area contributed by atoms with Crippen LogP contribution in [0.25, 0.3) is 0 Å². The van der Waals surface area contributed by atoms with E-state index >= 15 is 0 Å². The van der Waals surface area contributed by atoms with Gasteiger partial charge in [0, 0.05) is 5.56 Å². The largest absolute Gasteiger partial charge is 0.378 e. The molecule has 4 nitrogen and oxygen atoms in total. The SMILES string of the molecule is Cc1ccc(S(=O)(=O)OC[C@](O)(c2ccc(F)cc2)c2ccccc2F)cc1. The lowest BCUT2D eigenvalue weighted by atomic mass is 9.87. The van der Waals surface area contributed by atoms with Crippen molar-refractivity contribution in [3.63, 3.8) is 0 Å². The minimum Gasteiger partial charge on any atom is -0.378 e. The summed E-state index contributed by atoms with van der Waals surface area (Å²) in [4.78, 5) is -0.0897. The van der Waals surface area contributed by atoms with E-state index in [0.717, 1.165) is 23.8 Å². The Morgan fingerprint density at radius 3 is 2.14 bits per heavy atom. The van der Waals surface area contributed by atoms with Gasteiger partial charge in [0.25, 0.3) is 10.1 Å². The summed E-state index contributed by atoms with van der Waals surface area (Å²) in [7, 11) is -4.20. The van der Waals surface area contributed by atoms with Gasteiger partial charge in [-0.15, -0.1) is 0 Å². The van der Waals surface area contributed by atoms with Crippen LogP contribution in [0.5, 0.6) is 0 Å². The molecule has 0 fully saturated rings. The molecule has 0 aromatic heterocycles. The van der Waals surface area contributed by atoms with E-state index in [0.29, 0.717) is 0 Å². The van der Waals surface area contributed by atoms with Crippen LogP contribution < -0.4 is 0 Å². The molecular formula is C21H18F2O4S. The number of benzene rings is 3. The van der Waals surface area contributed by atoms with E-state index in [1.807, 2.05) is 6.92 Å². The number of aryl methyl sites for hydroxylation is 1. The third kappa shape index (κ3) is 4.11. The van der Waals surface area contributed by atoms with E-state index in [-0.39, 0.29) is 16.0 Å². The first kappa shape index (κ1) is 20.1. The minimum absolute atomic E-state index is 0.0897. The summed E-state index contributed by atoms with van der Waals surface area (Å²) in [5, 5.41) is 11.2. The first-order valence-electron chi connectivity index (χ1n) is 8.42. The molecule has 0 radical (unpaired) electrons. The molecule has 0 saturated heterocycles. The van der Waals surface area contributed by atoms with Crippen LogP contribution in [0.3, 0.4) is 0 Å². The van der Waals surface area contributed by atoms with Crippen LogP contribution in [0.4, 0.5) is 8.78 Å². The van der Waals surface area contributed by atoms with Crippen molar-refractivity contribution in [3.05, 3.63) is 101 Å². The van der Waals surface area contributed by atoms with E-state index in [9.17, 15) is 22.3 Å². The zero-order valence-corrected chi connectivity index (χ0v) is 15.8. The Balaban J connectivity index is 1.99. The van der Waals surface area contributed by atoms with Crippen molar-refractivity contribution in [2.24, 2.45) is 0 Å². The maximum absolute atomic E-state index is 14.4. The molecule has 0 unspecified atom stereocenters. The standard InChI is InChI=1S/C21H18F2O4S/c1-15-6-12-18(13-7-15)28(25,26)27-14-21(24,16-8-10-17(22)11-9-16)19-4-2-3-5-20(19)23/h2-13,24H,14H2,1H3/t21-/m0/s1. The molecule has 0 amide bonds. The van der Waals surface area contributed by atoms with Gasteiger partial charge in [0.1, 0.15) is 23.8 Å². The van der Waals surface area contributed by atoms with Gasteiger partial charge in [0.2, 0.25) is 0 Å². The van der Waals surface area contributed by atoms with E-state index < -0.39 is 34.0 Å². The predicted octanol–water partition coefficient (Wildman–Crippen LogP) is 3.91. The first-order valence-corrected chi connectivity index (χ1v) is 9.83. The normalized spacial score (nSPS) is 13.9. The molecular weight excluding hydrogens is 386 g/mol. The summed E-state index contributed by atoms with van der Waals surface area (Å²) in [6, 6.07) is 16.1. The molecule has 0 aliphatic heterocycles. The van der Waals surface area contributed by atoms with Crippen LogP contribution >= 0.6 is 0 Å². The average Bonchev–Trinajstić information content (AvgIpc) is 2.67. The molecule has 0 aliphatic rings. The van der Waals surface area contributed by atoms with Crippen molar-refractivity contribution in [1.82, 2.24) is 0 Å². The van der Waals surface area contributed by atoms with Crippen LogP contribution in [0.1, 0.15) is 16.7 Å².